The van der Waals surface area contributed by atoms with E-state index < -0.39 is 0 Å². The summed E-state index contributed by atoms with van der Waals surface area (Å²) in [5, 5.41) is 3.18. The molecule has 3 rings (SSSR count). The molecule has 1 saturated carbocycles. The van der Waals surface area contributed by atoms with Gasteiger partial charge in [0.2, 0.25) is 5.91 Å². The maximum absolute atomic E-state index is 12.5. The number of fused-ring (bicyclic) bond motifs is 1. The summed E-state index contributed by atoms with van der Waals surface area (Å²) < 4.78 is 11.0. The molecule has 1 aromatic carbocycles. The highest BCUT2D eigenvalue weighted by atomic mass is 35.5. The van der Waals surface area contributed by atoms with E-state index in [2.05, 4.69) is 5.32 Å². The van der Waals surface area contributed by atoms with Gasteiger partial charge in [-0.15, -0.1) is 12.4 Å². The Morgan fingerprint density at radius 1 is 1.43 bits per heavy atom. The maximum Gasteiger partial charge on any atom is 0.227 e. The second kappa shape index (κ2) is 7.88. The molecule has 3 atom stereocenters. The van der Waals surface area contributed by atoms with E-state index in [9.17, 15) is 4.79 Å². The van der Waals surface area contributed by atoms with E-state index in [1.807, 2.05) is 18.2 Å². The van der Waals surface area contributed by atoms with E-state index in [1.165, 1.54) is 0 Å². The number of rotatable bonds is 4. The number of nitrogens with one attached hydrogen (secondary N) is 1. The van der Waals surface area contributed by atoms with E-state index in [0.717, 1.165) is 36.3 Å². The van der Waals surface area contributed by atoms with Crippen LogP contribution >= 0.6 is 12.4 Å². The van der Waals surface area contributed by atoms with E-state index in [-0.39, 0.29) is 30.3 Å². The Balaban J connectivity index is 0.00000192. The Labute approximate surface area is 143 Å². The van der Waals surface area contributed by atoms with Crippen molar-refractivity contribution in [2.45, 2.75) is 31.7 Å². The summed E-state index contributed by atoms with van der Waals surface area (Å²) in [5.41, 5.74) is 6.82. The molecule has 1 aromatic rings. The molecular weight excluding hydrogens is 316 g/mol. The molecule has 2 aliphatic rings. The SMILES string of the molecule is COc1ccc2c(c1)CC(C(=O)NC1CCCC1CN)CO2.Cl. The number of carbonyl (C=O) groups is 1. The Kier molecular flexibility index (Phi) is 6.13. The van der Waals surface area contributed by atoms with Gasteiger partial charge in [0.15, 0.2) is 0 Å². The molecule has 0 aromatic heterocycles. The fourth-order valence-electron chi connectivity index (χ4n) is 3.48. The first-order chi connectivity index (χ1) is 10.7. The van der Waals surface area contributed by atoms with Gasteiger partial charge < -0.3 is 20.5 Å². The minimum absolute atomic E-state index is 0. The highest BCUT2D eigenvalue weighted by Gasteiger charge is 2.32. The molecule has 6 heteroatoms. The lowest BCUT2D eigenvalue weighted by Crippen LogP contribution is -2.45. The largest absolute Gasteiger partial charge is 0.497 e. The molecular formula is C17H25ClN2O3. The van der Waals surface area contributed by atoms with Crippen LogP contribution < -0.4 is 20.5 Å². The second-order valence-corrected chi connectivity index (χ2v) is 6.23. The van der Waals surface area contributed by atoms with Gasteiger partial charge in [-0.25, -0.2) is 0 Å². The van der Waals surface area contributed by atoms with Gasteiger partial charge >= 0.3 is 0 Å². The third kappa shape index (κ3) is 3.90. The number of carbonyl (C=O) groups excluding carboxylic acids is 1. The maximum atomic E-state index is 12.5. The molecule has 1 heterocycles. The number of hydrogen-bond acceptors (Lipinski definition) is 4. The first-order valence-corrected chi connectivity index (χ1v) is 8.01. The molecule has 0 bridgehead atoms. The molecule has 128 valence electrons. The summed E-state index contributed by atoms with van der Waals surface area (Å²) in [4.78, 5) is 12.5. The molecule has 1 fully saturated rings. The highest BCUT2D eigenvalue weighted by Crippen LogP contribution is 2.31. The van der Waals surface area contributed by atoms with Crippen molar-refractivity contribution in [1.82, 2.24) is 5.32 Å². The summed E-state index contributed by atoms with van der Waals surface area (Å²) >= 11 is 0. The van der Waals surface area contributed by atoms with E-state index >= 15 is 0 Å². The Morgan fingerprint density at radius 2 is 2.26 bits per heavy atom. The zero-order valence-corrected chi connectivity index (χ0v) is 14.2. The van der Waals surface area contributed by atoms with Crippen molar-refractivity contribution in [2.75, 3.05) is 20.3 Å². The molecule has 0 radical (unpaired) electrons. The van der Waals surface area contributed by atoms with Gasteiger partial charge in [0.05, 0.1) is 13.0 Å². The van der Waals surface area contributed by atoms with Gasteiger partial charge in [0.25, 0.3) is 0 Å². The first kappa shape index (κ1) is 17.9. The lowest BCUT2D eigenvalue weighted by Gasteiger charge is -2.27. The molecule has 23 heavy (non-hydrogen) atoms. The highest BCUT2D eigenvalue weighted by molar-refractivity contribution is 5.85. The van der Waals surface area contributed by atoms with Crippen LogP contribution in [0.4, 0.5) is 0 Å². The van der Waals surface area contributed by atoms with Crippen molar-refractivity contribution in [1.29, 1.82) is 0 Å². The summed E-state index contributed by atoms with van der Waals surface area (Å²) in [6.07, 6.45) is 3.99. The van der Waals surface area contributed by atoms with Crippen molar-refractivity contribution in [2.24, 2.45) is 17.6 Å². The number of benzene rings is 1. The normalized spacial score (nSPS) is 25.7. The molecule has 1 aliphatic heterocycles. The van der Waals surface area contributed by atoms with Crippen molar-refractivity contribution < 1.29 is 14.3 Å². The third-order valence-electron chi connectivity index (χ3n) is 4.83. The van der Waals surface area contributed by atoms with Crippen LogP contribution in [0.15, 0.2) is 18.2 Å². The standard InChI is InChI=1S/C17H24N2O3.ClH/c1-21-14-5-6-16-12(8-14)7-13(10-22-16)17(20)19-15-4-2-3-11(15)9-18;/h5-6,8,11,13,15H,2-4,7,9-10,18H2,1H3,(H,19,20);1H. The predicted molar refractivity (Wildman–Crippen MR) is 91.3 cm³/mol. The third-order valence-corrected chi connectivity index (χ3v) is 4.83. The van der Waals surface area contributed by atoms with Crippen LogP contribution in [0, 0.1) is 11.8 Å². The van der Waals surface area contributed by atoms with Gasteiger partial charge in [0, 0.05) is 6.04 Å². The van der Waals surface area contributed by atoms with Gasteiger partial charge in [0.1, 0.15) is 18.1 Å². The molecule has 1 amide bonds. The Morgan fingerprint density at radius 3 is 3.00 bits per heavy atom. The lowest BCUT2D eigenvalue weighted by atomic mass is 9.94. The summed E-state index contributed by atoms with van der Waals surface area (Å²) in [6, 6.07) is 5.96. The van der Waals surface area contributed by atoms with E-state index in [4.69, 9.17) is 15.2 Å². The molecule has 1 aliphatic carbocycles. The van der Waals surface area contributed by atoms with E-state index in [1.54, 1.807) is 7.11 Å². The van der Waals surface area contributed by atoms with Crippen LogP contribution in [-0.2, 0) is 11.2 Å². The first-order valence-electron chi connectivity index (χ1n) is 8.01. The predicted octanol–water partition coefficient (Wildman–Crippen LogP) is 1.91. The Bertz CT molecular complexity index is 553. The Hall–Kier alpha value is -1.46. The van der Waals surface area contributed by atoms with Crippen LogP contribution in [0.5, 0.6) is 11.5 Å². The second-order valence-electron chi connectivity index (χ2n) is 6.23. The molecule has 0 saturated heterocycles. The average molecular weight is 341 g/mol. The zero-order chi connectivity index (χ0) is 15.5. The smallest absolute Gasteiger partial charge is 0.227 e. The number of methoxy groups -OCH3 is 1. The quantitative estimate of drug-likeness (QED) is 0.878. The van der Waals surface area contributed by atoms with E-state index in [0.29, 0.717) is 25.5 Å². The van der Waals surface area contributed by atoms with Gasteiger partial charge in [-0.05, 0) is 55.5 Å². The number of halogens is 1. The molecule has 0 spiro atoms. The van der Waals surface area contributed by atoms with Crippen molar-refractivity contribution >= 4 is 18.3 Å². The minimum Gasteiger partial charge on any atom is -0.497 e. The van der Waals surface area contributed by atoms with Gasteiger partial charge in [-0.3, -0.25) is 4.79 Å². The number of nitrogens with two attached hydrogens (primary N) is 1. The molecule has 3 N–H and O–H groups in total. The van der Waals surface area contributed by atoms with Gasteiger partial charge in [-0.1, -0.05) is 6.42 Å². The van der Waals surface area contributed by atoms with Crippen molar-refractivity contribution in [3.8, 4) is 11.5 Å². The zero-order valence-electron chi connectivity index (χ0n) is 13.4. The van der Waals surface area contributed by atoms with Crippen LogP contribution in [0.1, 0.15) is 24.8 Å². The minimum atomic E-state index is -0.140. The fourth-order valence-corrected chi connectivity index (χ4v) is 3.48. The molecule has 3 unspecified atom stereocenters. The summed E-state index contributed by atoms with van der Waals surface area (Å²) in [6.45, 7) is 1.08. The number of hydrogen-bond donors (Lipinski definition) is 2. The average Bonchev–Trinajstić information content (AvgIpc) is 3.00. The van der Waals surface area contributed by atoms with Crippen molar-refractivity contribution in [3.63, 3.8) is 0 Å². The van der Waals surface area contributed by atoms with Crippen molar-refractivity contribution in [3.05, 3.63) is 23.8 Å². The van der Waals surface area contributed by atoms with Crippen LogP contribution in [0.3, 0.4) is 0 Å². The summed E-state index contributed by atoms with van der Waals surface area (Å²) in [5.74, 6) is 2.01. The lowest BCUT2D eigenvalue weighted by molar-refractivity contribution is -0.127. The number of ether oxygens (including phenoxy) is 2. The number of amides is 1. The summed E-state index contributed by atoms with van der Waals surface area (Å²) in [7, 11) is 1.64. The van der Waals surface area contributed by atoms with Crippen LogP contribution in [0.25, 0.3) is 0 Å². The van der Waals surface area contributed by atoms with Crippen LogP contribution in [-0.4, -0.2) is 32.2 Å². The molecule has 5 nitrogen and oxygen atoms in total. The fraction of sp³-hybridized carbons (Fsp3) is 0.588. The van der Waals surface area contributed by atoms with Gasteiger partial charge in [-0.2, -0.15) is 0 Å². The monoisotopic (exact) mass is 340 g/mol. The topological polar surface area (TPSA) is 73.6 Å². The van der Waals surface area contributed by atoms with Crippen LogP contribution in [0.2, 0.25) is 0 Å².